The maximum absolute atomic E-state index is 5.67. The van der Waals surface area contributed by atoms with E-state index in [2.05, 4.69) is 10.2 Å². The van der Waals surface area contributed by atoms with Crippen molar-refractivity contribution in [2.45, 2.75) is 13.1 Å². The highest BCUT2D eigenvalue weighted by Gasteiger charge is 2.13. The molecule has 0 aliphatic rings. The van der Waals surface area contributed by atoms with Gasteiger partial charge in [-0.15, -0.1) is 0 Å². The molecule has 1 N–H and O–H groups in total. The van der Waals surface area contributed by atoms with Crippen molar-refractivity contribution in [1.29, 1.82) is 0 Å². The van der Waals surface area contributed by atoms with Gasteiger partial charge >= 0.3 is 0 Å². The highest BCUT2D eigenvalue weighted by molar-refractivity contribution is 7.80. The van der Waals surface area contributed by atoms with Crippen molar-refractivity contribution in [3.63, 3.8) is 0 Å². The van der Waals surface area contributed by atoms with Crippen LogP contribution < -0.4 is 14.8 Å². The molecule has 2 aromatic carbocycles. The average Bonchev–Trinajstić information content (AvgIpc) is 3.21. The monoisotopic (exact) mass is 382 g/mol. The molecule has 0 amide bonds. The van der Waals surface area contributed by atoms with Crippen LogP contribution in [0, 0.1) is 0 Å². The second-order valence-corrected chi connectivity index (χ2v) is 6.33. The molecule has 0 saturated heterocycles. The Morgan fingerprint density at radius 3 is 2.41 bits per heavy atom. The maximum Gasteiger partial charge on any atom is 0.174 e. The zero-order chi connectivity index (χ0) is 19.1. The molecular weight excluding hydrogens is 360 g/mol. The summed E-state index contributed by atoms with van der Waals surface area (Å²) in [5.74, 6) is 2.45. The van der Waals surface area contributed by atoms with E-state index in [-0.39, 0.29) is 0 Å². The van der Waals surface area contributed by atoms with Gasteiger partial charge in [0.25, 0.3) is 0 Å². The molecule has 140 valence electrons. The average molecular weight is 382 g/mol. The number of furan rings is 1. The van der Waals surface area contributed by atoms with E-state index in [0.29, 0.717) is 18.2 Å². The smallest absolute Gasteiger partial charge is 0.174 e. The fourth-order valence-corrected chi connectivity index (χ4v) is 2.89. The highest BCUT2D eigenvalue weighted by atomic mass is 32.1. The SMILES string of the molecule is COc1ccc(CN(Cc2ccco2)C(=S)Nc2cccc(OC)c2)cc1. The number of nitrogens with zero attached hydrogens (tertiary/aromatic N) is 1. The molecule has 0 atom stereocenters. The van der Waals surface area contributed by atoms with E-state index >= 15 is 0 Å². The standard InChI is InChI=1S/C21H22N2O3S/c1-24-18-10-8-16(9-11-18)14-23(15-20-7-4-12-26-20)21(27)22-17-5-3-6-19(13-17)25-2/h3-13H,14-15H2,1-2H3,(H,22,27). The summed E-state index contributed by atoms with van der Waals surface area (Å²) in [6, 6.07) is 19.4. The molecule has 0 saturated carbocycles. The molecule has 5 nitrogen and oxygen atoms in total. The van der Waals surface area contributed by atoms with Crippen LogP contribution in [0.3, 0.4) is 0 Å². The third kappa shape index (κ3) is 5.24. The number of nitrogens with one attached hydrogen (secondary N) is 1. The summed E-state index contributed by atoms with van der Waals surface area (Å²) in [4.78, 5) is 2.05. The Morgan fingerprint density at radius 2 is 1.74 bits per heavy atom. The number of methoxy groups -OCH3 is 2. The van der Waals surface area contributed by atoms with Crippen LogP contribution in [0.2, 0.25) is 0 Å². The second kappa shape index (κ2) is 9.09. The van der Waals surface area contributed by atoms with E-state index in [1.165, 1.54) is 0 Å². The van der Waals surface area contributed by atoms with Crippen molar-refractivity contribution in [1.82, 2.24) is 4.90 Å². The number of thiocarbonyl (C=S) groups is 1. The zero-order valence-electron chi connectivity index (χ0n) is 15.3. The van der Waals surface area contributed by atoms with Gasteiger partial charge in [-0.3, -0.25) is 0 Å². The molecule has 0 radical (unpaired) electrons. The minimum Gasteiger partial charge on any atom is -0.497 e. The van der Waals surface area contributed by atoms with Crippen molar-refractivity contribution >= 4 is 23.0 Å². The van der Waals surface area contributed by atoms with Gasteiger partial charge in [0.2, 0.25) is 0 Å². The fourth-order valence-electron chi connectivity index (χ4n) is 2.64. The predicted molar refractivity (Wildman–Crippen MR) is 110 cm³/mol. The normalized spacial score (nSPS) is 10.3. The van der Waals surface area contributed by atoms with Crippen LogP contribution in [0.25, 0.3) is 0 Å². The van der Waals surface area contributed by atoms with E-state index < -0.39 is 0 Å². The third-order valence-corrected chi connectivity index (χ3v) is 4.43. The number of anilines is 1. The highest BCUT2D eigenvalue weighted by Crippen LogP contribution is 2.19. The molecule has 0 bridgehead atoms. The Kier molecular flexibility index (Phi) is 6.33. The van der Waals surface area contributed by atoms with Gasteiger partial charge < -0.3 is 24.1 Å². The fraction of sp³-hybridized carbons (Fsp3) is 0.190. The second-order valence-electron chi connectivity index (χ2n) is 5.95. The molecule has 0 fully saturated rings. The molecule has 27 heavy (non-hydrogen) atoms. The zero-order valence-corrected chi connectivity index (χ0v) is 16.2. The molecule has 0 aliphatic carbocycles. The lowest BCUT2D eigenvalue weighted by atomic mass is 10.2. The summed E-state index contributed by atoms with van der Waals surface area (Å²) in [5, 5.41) is 3.89. The van der Waals surface area contributed by atoms with Gasteiger partial charge in [0.05, 0.1) is 27.0 Å². The minimum absolute atomic E-state index is 0.564. The molecule has 1 heterocycles. The van der Waals surface area contributed by atoms with E-state index in [1.54, 1.807) is 20.5 Å². The minimum atomic E-state index is 0.564. The Hall–Kier alpha value is -2.99. The molecular formula is C21H22N2O3S. The summed E-state index contributed by atoms with van der Waals surface area (Å²) in [6.07, 6.45) is 1.67. The Morgan fingerprint density at radius 1 is 0.963 bits per heavy atom. The predicted octanol–water partition coefficient (Wildman–Crippen LogP) is 4.70. The van der Waals surface area contributed by atoms with Crippen molar-refractivity contribution in [3.8, 4) is 11.5 Å². The Labute approximate surface area is 164 Å². The lowest BCUT2D eigenvalue weighted by Gasteiger charge is -2.25. The van der Waals surface area contributed by atoms with Gasteiger partial charge in [-0.1, -0.05) is 18.2 Å². The molecule has 3 aromatic rings. The molecule has 1 aromatic heterocycles. The number of hydrogen-bond acceptors (Lipinski definition) is 4. The van der Waals surface area contributed by atoms with Crippen LogP contribution in [0.15, 0.2) is 71.3 Å². The van der Waals surface area contributed by atoms with Crippen LogP contribution in [0.5, 0.6) is 11.5 Å². The first-order valence-corrected chi connectivity index (χ1v) is 8.94. The Balaban J connectivity index is 1.76. The maximum atomic E-state index is 5.67. The van der Waals surface area contributed by atoms with Gasteiger partial charge in [0.15, 0.2) is 5.11 Å². The number of hydrogen-bond donors (Lipinski definition) is 1. The van der Waals surface area contributed by atoms with E-state index in [0.717, 1.165) is 28.5 Å². The van der Waals surface area contributed by atoms with Gasteiger partial charge in [-0.25, -0.2) is 0 Å². The summed E-state index contributed by atoms with van der Waals surface area (Å²) in [5.41, 5.74) is 2.00. The van der Waals surface area contributed by atoms with Gasteiger partial charge in [-0.05, 0) is 54.2 Å². The van der Waals surface area contributed by atoms with Gasteiger partial charge in [0, 0.05) is 18.3 Å². The summed E-state index contributed by atoms with van der Waals surface area (Å²) in [6.45, 7) is 1.20. The van der Waals surface area contributed by atoms with Crippen LogP contribution in [-0.4, -0.2) is 24.2 Å². The largest absolute Gasteiger partial charge is 0.497 e. The van der Waals surface area contributed by atoms with Crippen LogP contribution in [0.1, 0.15) is 11.3 Å². The molecule has 0 aliphatic heterocycles. The van der Waals surface area contributed by atoms with E-state index in [1.807, 2.05) is 60.7 Å². The number of ether oxygens (including phenoxy) is 2. The molecule has 0 spiro atoms. The van der Waals surface area contributed by atoms with E-state index in [9.17, 15) is 0 Å². The quantitative estimate of drug-likeness (QED) is 0.598. The summed E-state index contributed by atoms with van der Waals surface area (Å²) < 4.78 is 16.0. The van der Waals surface area contributed by atoms with Gasteiger partial charge in [0.1, 0.15) is 17.3 Å². The van der Waals surface area contributed by atoms with Crippen molar-refractivity contribution in [3.05, 3.63) is 78.3 Å². The first-order valence-electron chi connectivity index (χ1n) is 8.53. The third-order valence-electron chi connectivity index (χ3n) is 4.07. The topological polar surface area (TPSA) is 46.9 Å². The molecule has 3 rings (SSSR count). The van der Waals surface area contributed by atoms with Gasteiger partial charge in [-0.2, -0.15) is 0 Å². The van der Waals surface area contributed by atoms with Crippen LogP contribution in [0.4, 0.5) is 5.69 Å². The summed E-state index contributed by atoms with van der Waals surface area (Å²) >= 11 is 5.67. The number of benzene rings is 2. The lowest BCUT2D eigenvalue weighted by molar-refractivity contribution is 0.360. The van der Waals surface area contributed by atoms with Crippen molar-refractivity contribution in [2.24, 2.45) is 0 Å². The van der Waals surface area contributed by atoms with Crippen molar-refractivity contribution in [2.75, 3.05) is 19.5 Å². The number of rotatable bonds is 7. The summed E-state index contributed by atoms with van der Waals surface area (Å²) in [7, 11) is 3.30. The molecule has 6 heteroatoms. The first-order chi connectivity index (χ1) is 13.2. The van der Waals surface area contributed by atoms with Crippen molar-refractivity contribution < 1.29 is 13.9 Å². The van der Waals surface area contributed by atoms with E-state index in [4.69, 9.17) is 26.1 Å². The molecule has 0 unspecified atom stereocenters. The lowest BCUT2D eigenvalue weighted by Crippen LogP contribution is -2.33. The Bertz CT molecular complexity index is 863. The first kappa shape index (κ1) is 18.8. The van der Waals surface area contributed by atoms with Crippen LogP contribution in [-0.2, 0) is 13.1 Å². The van der Waals surface area contributed by atoms with Crippen LogP contribution >= 0.6 is 12.2 Å².